The molecule has 3 N–H and O–H groups in total. The first-order valence-electron chi connectivity index (χ1n) is 6.55. The normalized spacial score (nSPS) is 14.0. The van der Waals surface area contributed by atoms with Crippen LogP contribution in [0.3, 0.4) is 0 Å². The molecule has 1 aromatic carbocycles. The number of rotatable bonds is 5. The van der Waals surface area contributed by atoms with E-state index in [1.54, 1.807) is 24.3 Å². The number of nitrogens with one attached hydrogen (secondary N) is 1. The zero-order valence-electron chi connectivity index (χ0n) is 11.5. The van der Waals surface area contributed by atoms with E-state index in [4.69, 9.17) is 5.73 Å². The standard InChI is InChI=1S/C14H17N3O3.ClH/c15-11-4-1-3-10(9-11)14(20)16-7-2-8-17-12(18)5-6-13(17)19;/h1,3-4,9H,2,5-8,15H2,(H,16,20);1H. The minimum absolute atomic E-state index is 0. The summed E-state index contributed by atoms with van der Waals surface area (Å²) >= 11 is 0. The molecule has 1 saturated heterocycles. The molecule has 7 heteroatoms. The van der Waals surface area contributed by atoms with Crippen molar-refractivity contribution in [2.75, 3.05) is 18.8 Å². The van der Waals surface area contributed by atoms with Crippen LogP contribution < -0.4 is 11.1 Å². The van der Waals surface area contributed by atoms with Crippen LogP contribution in [-0.4, -0.2) is 35.7 Å². The Balaban J connectivity index is 0.00000220. The minimum Gasteiger partial charge on any atom is -0.399 e. The van der Waals surface area contributed by atoms with Gasteiger partial charge < -0.3 is 11.1 Å². The van der Waals surface area contributed by atoms with Crippen molar-refractivity contribution in [3.05, 3.63) is 29.8 Å². The molecule has 0 radical (unpaired) electrons. The van der Waals surface area contributed by atoms with Gasteiger partial charge in [-0.05, 0) is 24.6 Å². The van der Waals surface area contributed by atoms with E-state index in [2.05, 4.69) is 5.32 Å². The summed E-state index contributed by atoms with van der Waals surface area (Å²) in [5.41, 5.74) is 6.63. The molecule has 2 rings (SSSR count). The van der Waals surface area contributed by atoms with Crippen LogP contribution in [0.4, 0.5) is 5.69 Å². The van der Waals surface area contributed by atoms with Crippen LogP contribution in [0.1, 0.15) is 29.6 Å². The lowest BCUT2D eigenvalue weighted by Gasteiger charge is -2.13. The van der Waals surface area contributed by atoms with Gasteiger partial charge >= 0.3 is 0 Å². The summed E-state index contributed by atoms with van der Waals surface area (Å²) in [4.78, 5) is 35.8. The van der Waals surface area contributed by atoms with Gasteiger partial charge in [-0.25, -0.2) is 0 Å². The molecule has 0 atom stereocenters. The van der Waals surface area contributed by atoms with E-state index in [0.717, 1.165) is 0 Å². The molecule has 1 aromatic rings. The first kappa shape index (κ1) is 17.0. The molecule has 0 aliphatic carbocycles. The number of carbonyl (C=O) groups is 3. The number of benzene rings is 1. The predicted molar refractivity (Wildman–Crippen MR) is 81.0 cm³/mol. The average Bonchev–Trinajstić information content (AvgIpc) is 2.74. The molecule has 21 heavy (non-hydrogen) atoms. The summed E-state index contributed by atoms with van der Waals surface area (Å²) in [6.07, 6.45) is 1.15. The smallest absolute Gasteiger partial charge is 0.251 e. The number of carbonyl (C=O) groups excluding carboxylic acids is 3. The Morgan fingerprint density at radius 1 is 1.24 bits per heavy atom. The van der Waals surface area contributed by atoms with Crippen molar-refractivity contribution >= 4 is 35.8 Å². The third kappa shape index (κ3) is 4.46. The molecular weight excluding hydrogens is 294 g/mol. The van der Waals surface area contributed by atoms with Crippen LogP contribution in [0.15, 0.2) is 24.3 Å². The maximum Gasteiger partial charge on any atom is 0.251 e. The molecule has 6 nitrogen and oxygen atoms in total. The fourth-order valence-electron chi connectivity index (χ4n) is 2.09. The lowest BCUT2D eigenvalue weighted by Crippen LogP contribution is -2.33. The first-order valence-corrected chi connectivity index (χ1v) is 6.55. The molecule has 0 spiro atoms. The van der Waals surface area contributed by atoms with Gasteiger partial charge in [-0.15, -0.1) is 12.4 Å². The Hall–Kier alpha value is -2.08. The number of nitrogen functional groups attached to an aromatic ring is 1. The SMILES string of the molecule is Cl.Nc1cccc(C(=O)NCCCN2C(=O)CCC2=O)c1. The van der Waals surface area contributed by atoms with Crippen molar-refractivity contribution in [1.29, 1.82) is 0 Å². The van der Waals surface area contributed by atoms with Gasteiger partial charge in [-0.3, -0.25) is 19.3 Å². The highest BCUT2D eigenvalue weighted by Gasteiger charge is 2.27. The number of imide groups is 1. The Labute approximate surface area is 129 Å². The molecule has 0 bridgehead atoms. The summed E-state index contributed by atoms with van der Waals surface area (Å²) in [7, 11) is 0. The van der Waals surface area contributed by atoms with Crippen LogP contribution in [-0.2, 0) is 9.59 Å². The van der Waals surface area contributed by atoms with Gasteiger partial charge in [0, 0.05) is 37.2 Å². The van der Waals surface area contributed by atoms with Gasteiger partial charge in [0.1, 0.15) is 0 Å². The van der Waals surface area contributed by atoms with Crippen LogP contribution in [0.5, 0.6) is 0 Å². The largest absolute Gasteiger partial charge is 0.399 e. The molecule has 0 saturated carbocycles. The fraction of sp³-hybridized carbons (Fsp3) is 0.357. The van der Waals surface area contributed by atoms with E-state index in [9.17, 15) is 14.4 Å². The Bertz CT molecular complexity index is 532. The monoisotopic (exact) mass is 311 g/mol. The summed E-state index contributed by atoms with van der Waals surface area (Å²) < 4.78 is 0. The Kier molecular flexibility index (Phi) is 6.17. The van der Waals surface area contributed by atoms with E-state index in [1.165, 1.54) is 4.90 Å². The second-order valence-corrected chi connectivity index (χ2v) is 4.67. The van der Waals surface area contributed by atoms with Crippen molar-refractivity contribution in [2.45, 2.75) is 19.3 Å². The van der Waals surface area contributed by atoms with Crippen LogP contribution in [0.25, 0.3) is 0 Å². The van der Waals surface area contributed by atoms with Gasteiger partial charge in [0.2, 0.25) is 11.8 Å². The summed E-state index contributed by atoms with van der Waals surface area (Å²) in [5, 5.41) is 2.74. The van der Waals surface area contributed by atoms with E-state index in [-0.39, 0.29) is 30.1 Å². The molecular formula is C14H18ClN3O3. The molecule has 0 aromatic heterocycles. The molecule has 3 amide bonds. The fourth-order valence-corrected chi connectivity index (χ4v) is 2.09. The third-order valence-electron chi connectivity index (χ3n) is 3.15. The quantitative estimate of drug-likeness (QED) is 0.481. The van der Waals surface area contributed by atoms with Gasteiger partial charge in [-0.2, -0.15) is 0 Å². The highest BCUT2D eigenvalue weighted by molar-refractivity contribution is 6.01. The van der Waals surface area contributed by atoms with E-state index in [0.29, 0.717) is 43.6 Å². The van der Waals surface area contributed by atoms with Crippen LogP contribution >= 0.6 is 12.4 Å². The van der Waals surface area contributed by atoms with E-state index < -0.39 is 0 Å². The van der Waals surface area contributed by atoms with Gasteiger partial charge in [0.05, 0.1) is 0 Å². The molecule has 0 unspecified atom stereocenters. The Morgan fingerprint density at radius 3 is 2.52 bits per heavy atom. The number of nitrogens with two attached hydrogens (primary N) is 1. The number of likely N-dealkylation sites (tertiary alicyclic amines) is 1. The lowest BCUT2D eigenvalue weighted by molar-refractivity contribution is -0.138. The van der Waals surface area contributed by atoms with E-state index in [1.807, 2.05) is 0 Å². The van der Waals surface area contributed by atoms with Crippen LogP contribution in [0, 0.1) is 0 Å². The second kappa shape index (κ2) is 7.64. The maximum absolute atomic E-state index is 11.8. The zero-order valence-corrected chi connectivity index (χ0v) is 12.3. The molecule has 114 valence electrons. The lowest BCUT2D eigenvalue weighted by atomic mass is 10.2. The minimum atomic E-state index is -0.212. The number of anilines is 1. The van der Waals surface area contributed by atoms with Crippen molar-refractivity contribution in [3.8, 4) is 0 Å². The molecule has 1 aliphatic heterocycles. The molecule has 1 aliphatic rings. The number of nitrogens with zero attached hydrogens (tertiary/aromatic N) is 1. The zero-order chi connectivity index (χ0) is 14.5. The van der Waals surface area contributed by atoms with Crippen LogP contribution in [0.2, 0.25) is 0 Å². The number of hydrogen-bond acceptors (Lipinski definition) is 4. The number of hydrogen-bond donors (Lipinski definition) is 2. The third-order valence-corrected chi connectivity index (χ3v) is 3.15. The van der Waals surface area contributed by atoms with Crippen molar-refractivity contribution in [3.63, 3.8) is 0 Å². The van der Waals surface area contributed by atoms with Gasteiger partial charge in [0.15, 0.2) is 0 Å². The summed E-state index contributed by atoms with van der Waals surface area (Å²) in [6.45, 7) is 0.763. The van der Waals surface area contributed by atoms with Gasteiger partial charge in [0.25, 0.3) is 5.91 Å². The molecule has 1 fully saturated rings. The predicted octanol–water partition coefficient (Wildman–Crippen LogP) is 0.959. The van der Waals surface area contributed by atoms with Crippen molar-refractivity contribution < 1.29 is 14.4 Å². The summed E-state index contributed by atoms with van der Waals surface area (Å²) in [5.74, 6) is -0.467. The average molecular weight is 312 g/mol. The first-order chi connectivity index (χ1) is 9.58. The number of amides is 3. The highest BCUT2D eigenvalue weighted by Crippen LogP contribution is 2.11. The van der Waals surface area contributed by atoms with Gasteiger partial charge in [-0.1, -0.05) is 6.07 Å². The second-order valence-electron chi connectivity index (χ2n) is 4.67. The topological polar surface area (TPSA) is 92.5 Å². The van der Waals surface area contributed by atoms with Crippen molar-refractivity contribution in [2.24, 2.45) is 0 Å². The number of halogens is 1. The summed E-state index contributed by atoms with van der Waals surface area (Å²) in [6, 6.07) is 6.70. The highest BCUT2D eigenvalue weighted by atomic mass is 35.5. The Morgan fingerprint density at radius 2 is 1.90 bits per heavy atom. The van der Waals surface area contributed by atoms with E-state index >= 15 is 0 Å². The molecule has 1 heterocycles. The van der Waals surface area contributed by atoms with Crippen molar-refractivity contribution in [1.82, 2.24) is 10.2 Å². The maximum atomic E-state index is 11.8.